The Kier molecular flexibility index (Phi) is 3.46. The highest BCUT2D eigenvalue weighted by molar-refractivity contribution is 7.87. The number of rotatable bonds is 4. The number of carbonyl (C=O) groups is 1. The van der Waals surface area contributed by atoms with Crippen LogP contribution in [0, 0.1) is 0 Å². The van der Waals surface area contributed by atoms with Gasteiger partial charge in [0.2, 0.25) is 0 Å². The van der Waals surface area contributed by atoms with Crippen LogP contribution < -0.4 is 4.18 Å². The zero-order valence-corrected chi connectivity index (χ0v) is 12.2. The van der Waals surface area contributed by atoms with Crippen LogP contribution in [-0.2, 0) is 14.9 Å². The molecule has 6 heteroatoms. The minimum atomic E-state index is -4.03. The van der Waals surface area contributed by atoms with Gasteiger partial charge >= 0.3 is 16.1 Å². The Morgan fingerprint density at radius 3 is 2.45 bits per heavy atom. The van der Waals surface area contributed by atoms with Crippen molar-refractivity contribution in [3.05, 3.63) is 65.7 Å². The first-order chi connectivity index (χ1) is 10.5. The molecule has 0 bridgehead atoms. The number of carboxylic acids is 1. The van der Waals surface area contributed by atoms with Crippen molar-refractivity contribution < 1.29 is 22.5 Å². The van der Waals surface area contributed by atoms with Gasteiger partial charge in [-0.2, -0.15) is 8.42 Å². The van der Waals surface area contributed by atoms with Crippen LogP contribution in [0.1, 0.15) is 17.0 Å². The van der Waals surface area contributed by atoms with Gasteiger partial charge in [-0.3, -0.25) is 4.79 Å². The molecular weight excluding hydrogens is 304 g/mol. The highest BCUT2D eigenvalue weighted by atomic mass is 32.2. The van der Waals surface area contributed by atoms with Crippen molar-refractivity contribution in [3.8, 4) is 5.75 Å². The van der Waals surface area contributed by atoms with Crippen LogP contribution in [0.2, 0.25) is 0 Å². The van der Waals surface area contributed by atoms with E-state index in [0.717, 1.165) is 0 Å². The van der Waals surface area contributed by atoms with Crippen molar-refractivity contribution in [2.45, 2.75) is 10.8 Å². The predicted molar refractivity (Wildman–Crippen MR) is 80.1 cm³/mol. The molecule has 0 heterocycles. The number of hydrogen-bond donors (Lipinski definition) is 1. The smallest absolute Gasteiger partial charge is 0.339 e. The lowest BCUT2D eigenvalue weighted by Crippen LogP contribution is -2.13. The standard InChI is InChI=1S/C16H12O5S/c17-16(18)14-10-9-13-12(14)7-4-8-15(13)22(19,20)21-11-5-2-1-3-6-11/h1-10,14H,(H,17,18). The third-order valence-electron chi connectivity index (χ3n) is 3.37. The maximum Gasteiger partial charge on any atom is 0.339 e. The number of aliphatic carboxylic acids is 1. The second-order valence-electron chi connectivity index (χ2n) is 4.78. The molecule has 22 heavy (non-hydrogen) atoms. The zero-order valence-electron chi connectivity index (χ0n) is 11.3. The molecule has 0 aliphatic heterocycles. The van der Waals surface area contributed by atoms with Gasteiger partial charge < -0.3 is 9.29 Å². The van der Waals surface area contributed by atoms with E-state index >= 15 is 0 Å². The molecule has 0 saturated heterocycles. The lowest BCUT2D eigenvalue weighted by Gasteiger charge is -2.11. The molecule has 0 spiro atoms. The van der Waals surface area contributed by atoms with Gasteiger partial charge in [0.05, 0.1) is 0 Å². The molecule has 2 aromatic rings. The summed E-state index contributed by atoms with van der Waals surface area (Å²) in [7, 11) is -4.03. The van der Waals surface area contributed by atoms with Crippen LogP contribution in [0.15, 0.2) is 59.5 Å². The summed E-state index contributed by atoms with van der Waals surface area (Å²) in [6, 6.07) is 12.7. The maximum atomic E-state index is 12.4. The van der Waals surface area contributed by atoms with Crippen molar-refractivity contribution in [2.75, 3.05) is 0 Å². The summed E-state index contributed by atoms with van der Waals surface area (Å²) >= 11 is 0. The van der Waals surface area contributed by atoms with Crippen LogP contribution in [-0.4, -0.2) is 19.5 Å². The summed E-state index contributed by atoms with van der Waals surface area (Å²) in [5, 5.41) is 9.16. The van der Waals surface area contributed by atoms with E-state index in [1.165, 1.54) is 36.4 Å². The Bertz CT molecular complexity index is 853. The van der Waals surface area contributed by atoms with E-state index in [9.17, 15) is 13.2 Å². The SMILES string of the molecule is O=C(O)C1C=Cc2c1cccc2S(=O)(=O)Oc1ccccc1. The minimum Gasteiger partial charge on any atom is -0.481 e. The number of para-hydroxylation sites is 1. The van der Waals surface area contributed by atoms with Crippen molar-refractivity contribution >= 4 is 22.2 Å². The van der Waals surface area contributed by atoms with Gasteiger partial charge in [-0.1, -0.05) is 42.5 Å². The molecule has 0 radical (unpaired) electrons. The zero-order chi connectivity index (χ0) is 15.7. The van der Waals surface area contributed by atoms with Gasteiger partial charge in [0.1, 0.15) is 16.6 Å². The monoisotopic (exact) mass is 316 g/mol. The van der Waals surface area contributed by atoms with Crippen LogP contribution in [0.4, 0.5) is 0 Å². The quantitative estimate of drug-likeness (QED) is 0.877. The van der Waals surface area contributed by atoms with E-state index < -0.39 is 22.0 Å². The van der Waals surface area contributed by atoms with E-state index in [4.69, 9.17) is 9.29 Å². The van der Waals surface area contributed by atoms with Crippen LogP contribution in [0.3, 0.4) is 0 Å². The average molecular weight is 316 g/mol. The van der Waals surface area contributed by atoms with Gasteiger partial charge in [0, 0.05) is 5.56 Å². The van der Waals surface area contributed by atoms with Crippen molar-refractivity contribution in [1.29, 1.82) is 0 Å². The Hall–Kier alpha value is -2.60. The van der Waals surface area contributed by atoms with E-state index in [1.807, 2.05) is 0 Å². The van der Waals surface area contributed by atoms with Gasteiger partial charge in [-0.15, -0.1) is 0 Å². The fourth-order valence-corrected chi connectivity index (χ4v) is 3.54. The first-order valence-electron chi connectivity index (χ1n) is 6.52. The number of hydrogen-bond acceptors (Lipinski definition) is 4. The minimum absolute atomic E-state index is 0.0335. The normalized spacial score (nSPS) is 16.3. The molecule has 0 amide bonds. The first-order valence-corrected chi connectivity index (χ1v) is 7.93. The third-order valence-corrected chi connectivity index (χ3v) is 4.68. The predicted octanol–water partition coefficient (Wildman–Crippen LogP) is 2.65. The van der Waals surface area contributed by atoms with Crippen LogP contribution >= 0.6 is 0 Å². The first kappa shape index (κ1) is 14.3. The van der Waals surface area contributed by atoms with Crippen LogP contribution in [0.5, 0.6) is 5.75 Å². The summed E-state index contributed by atoms with van der Waals surface area (Å²) in [5.41, 5.74) is 0.816. The molecule has 0 fully saturated rings. The largest absolute Gasteiger partial charge is 0.481 e. The molecule has 1 aliphatic rings. The summed E-state index contributed by atoms with van der Waals surface area (Å²) in [6.07, 6.45) is 2.98. The topological polar surface area (TPSA) is 80.7 Å². The molecule has 2 aromatic carbocycles. The van der Waals surface area contributed by atoms with Crippen LogP contribution in [0.25, 0.3) is 6.08 Å². The molecule has 1 atom stereocenters. The molecular formula is C16H12O5S. The molecule has 3 rings (SSSR count). The van der Waals surface area contributed by atoms with E-state index in [0.29, 0.717) is 11.1 Å². The third kappa shape index (κ3) is 2.48. The van der Waals surface area contributed by atoms with Gasteiger partial charge in [-0.25, -0.2) is 0 Å². The Morgan fingerprint density at radius 2 is 1.77 bits per heavy atom. The average Bonchev–Trinajstić information content (AvgIpc) is 2.91. The number of benzene rings is 2. The van der Waals surface area contributed by atoms with Crippen molar-refractivity contribution in [2.24, 2.45) is 0 Å². The summed E-state index contributed by atoms with van der Waals surface area (Å²) in [6.45, 7) is 0. The van der Waals surface area contributed by atoms with Gasteiger partial charge in [0.15, 0.2) is 0 Å². The Labute approximate surface area is 127 Å². The summed E-state index contributed by atoms with van der Waals surface area (Å²) in [5.74, 6) is -1.65. The van der Waals surface area contributed by atoms with E-state index in [1.54, 1.807) is 24.3 Å². The highest BCUT2D eigenvalue weighted by Gasteiger charge is 2.30. The van der Waals surface area contributed by atoms with Crippen molar-refractivity contribution in [3.63, 3.8) is 0 Å². The maximum absolute atomic E-state index is 12.4. The summed E-state index contributed by atoms with van der Waals surface area (Å²) in [4.78, 5) is 11.2. The lowest BCUT2D eigenvalue weighted by atomic mass is 10.0. The van der Waals surface area contributed by atoms with Crippen molar-refractivity contribution in [1.82, 2.24) is 0 Å². The molecule has 0 saturated carbocycles. The Morgan fingerprint density at radius 1 is 1.05 bits per heavy atom. The highest BCUT2D eigenvalue weighted by Crippen LogP contribution is 2.35. The Balaban J connectivity index is 2.03. The number of fused-ring (bicyclic) bond motifs is 1. The lowest BCUT2D eigenvalue weighted by molar-refractivity contribution is -0.137. The summed E-state index contributed by atoms with van der Waals surface area (Å²) < 4.78 is 30.0. The van der Waals surface area contributed by atoms with Gasteiger partial charge in [0.25, 0.3) is 0 Å². The number of carboxylic acid groups (broad SMARTS) is 1. The molecule has 1 unspecified atom stereocenters. The molecule has 1 N–H and O–H groups in total. The second-order valence-corrected chi connectivity index (χ2v) is 6.30. The van der Waals surface area contributed by atoms with E-state index in [2.05, 4.69) is 0 Å². The van der Waals surface area contributed by atoms with Gasteiger partial charge in [-0.05, 0) is 23.8 Å². The molecule has 1 aliphatic carbocycles. The van der Waals surface area contributed by atoms with E-state index in [-0.39, 0.29) is 10.6 Å². The second kappa shape index (κ2) is 5.31. The molecule has 112 valence electrons. The fraction of sp³-hybridized carbons (Fsp3) is 0.0625. The molecule has 0 aromatic heterocycles. The molecule has 5 nitrogen and oxygen atoms in total. The fourth-order valence-electron chi connectivity index (χ4n) is 2.39.